The molecule has 1 atom stereocenters. The highest BCUT2D eigenvalue weighted by atomic mass is 19.1. The summed E-state index contributed by atoms with van der Waals surface area (Å²) in [5, 5.41) is 6.47. The molecule has 1 saturated heterocycles. The SMILES string of the molecule is CCNC(=NCc1ccc(Oc2cccnc2)c(F)c1)NCC1CCCO1. The number of hydrogen-bond acceptors (Lipinski definition) is 4. The Balaban J connectivity index is 1.59. The maximum absolute atomic E-state index is 14.3. The van der Waals surface area contributed by atoms with Gasteiger partial charge in [-0.15, -0.1) is 0 Å². The smallest absolute Gasteiger partial charge is 0.191 e. The fraction of sp³-hybridized carbons (Fsp3) is 0.400. The molecule has 1 unspecified atom stereocenters. The van der Waals surface area contributed by atoms with Gasteiger partial charge in [-0.1, -0.05) is 6.07 Å². The molecule has 1 fully saturated rings. The zero-order valence-corrected chi connectivity index (χ0v) is 15.5. The highest BCUT2D eigenvalue weighted by Gasteiger charge is 2.15. The lowest BCUT2D eigenvalue weighted by molar-refractivity contribution is 0.114. The Morgan fingerprint density at radius 2 is 2.30 bits per heavy atom. The summed E-state index contributed by atoms with van der Waals surface area (Å²) in [5.74, 6) is 0.932. The second-order valence-electron chi connectivity index (χ2n) is 6.27. The first-order chi connectivity index (χ1) is 13.2. The Labute approximate surface area is 158 Å². The van der Waals surface area contributed by atoms with Gasteiger partial charge in [0, 0.05) is 25.9 Å². The van der Waals surface area contributed by atoms with Crippen molar-refractivity contribution in [2.24, 2.45) is 4.99 Å². The maximum Gasteiger partial charge on any atom is 0.191 e. The van der Waals surface area contributed by atoms with Crippen LogP contribution in [0, 0.1) is 5.82 Å². The lowest BCUT2D eigenvalue weighted by Gasteiger charge is -2.15. The molecular formula is C20H25FN4O2. The molecule has 0 bridgehead atoms. The van der Waals surface area contributed by atoms with E-state index in [1.165, 1.54) is 6.07 Å². The van der Waals surface area contributed by atoms with E-state index in [1.807, 2.05) is 13.0 Å². The number of guanidine groups is 1. The Hall–Kier alpha value is -2.67. The van der Waals surface area contributed by atoms with Gasteiger partial charge in [-0.3, -0.25) is 4.98 Å². The number of hydrogen-bond donors (Lipinski definition) is 2. The largest absolute Gasteiger partial charge is 0.453 e. The summed E-state index contributed by atoms with van der Waals surface area (Å²) in [7, 11) is 0. The molecule has 0 spiro atoms. The van der Waals surface area contributed by atoms with Crippen LogP contribution in [0.3, 0.4) is 0 Å². The van der Waals surface area contributed by atoms with E-state index in [4.69, 9.17) is 9.47 Å². The summed E-state index contributed by atoms with van der Waals surface area (Å²) in [4.78, 5) is 8.47. The molecule has 1 aliphatic rings. The van der Waals surface area contributed by atoms with Crippen molar-refractivity contribution in [1.29, 1.82) is 0 Å². The van der Waals surface area contributed by atoms with Crippen molar-refractivity contribution in [3.8, 4) is 11.5 Å². The predicted octanol–water partition coefficient (Wildman–Crippen LogP) is 3.25. The molecule has 27 heavy (non-hydrogen) atoms. The fourth-order valence-electron chi connectivity index (χ4n) is 2.79. The molecule has 7 heteroatoms. The van der Waals surface area contributed by atoms with Crippen LogP contribution in [0.5, 0.6) is 11.5 Å². The van der Waals surface area contributed by atoms with E-state index in [1.54, 1.807) is 30.6 Å². The lowest BCUT2D eigenvalue weighted by Crippen LogP contribution is -2.41. The van der Waals surface area contributed by atoms with Gasteiger partial charge in [-0.2, -0.15) is 0 Å². The molecule has 0 amide bonds. The minimum atomic E-state index is -0.427. The van der Waals surface area contributed by atoms with Crippen LogP contribution in [0.1, 0.15) is 25.3 Å². The first kappa shape index (κ1) is 19.1. The van der Waals surface area contributed by atoms with Crippen molar-refractivity contribution in [1.82, 2.24) is 15.6 Å². The van der Waals surface area contributed by atoms with Crippen LogP contribution in [0.15, 0.2) is 47.7 Å². The molecule has 0 radical (unpaired) electrons. The summed E-state index contributed by atoms with van der Waals surface area (Å²) in [5.41, 5.74) is 0.764. The summed E-state index contributed by atoms with van der Waals surface area (Å²) in [6, 6.07) is 8.33. The van der Waals surface area contributed by atoms with Crippen LogP contribution in [0.25, 0.3) is 0 Å². The molecule has 3 rings (SSSR count). The van der Waals surface area contributed by atoms with Crippen LogP contribution in [0.4, 0.5) is 4.39 Å². The predicted molar refractivity (Wildman–Crippen MR) is 103 cm³/mol. The normalized spacial score (nSPS) is 17.0. The first-order valence-electron chi connectivity index (χ1n) is 9.24. The van der Waals surface area contributed by atoms with E-state index in [9.17, 15) is 4.39 Å². The Bertz CT molecular complexity index is 749. The third-order valence-corrected chi connectivity index (χ3v) is 4.14. The van der Waals surface area contributed by atoms with Gasteiger partial charge in [0.05, 0.1) is 18.8 Å². The summed E-state index contributed by atoms with van der Waals surface area (Å²) in [6.45, 7) is 4.67. The third-order valence-electron chi connectivity index (χ3n) is 4.14. The zero-order chi connectivity index (χ0) is 18.9. The molecule has 1 aliphatic heterocycles. The fourth-order valence-corrected chi connectivity index (χ4v) is 2.79. The van der Waals surface area contributed by atoms with Gasteiger partial charge >= 0.3 is 0 Å². The maximum atomic E-state index is 14.3. The molecule has 0 saturated carbocycles. The van der Waals surface area contributed by atoms with Crippen molar-refractivity contribution < 1.29 is 13.9 Å². The first-order valence-corrected chi connectivity index (χ1v) is 9.24. The van der Waals surface area contributed by atoms with E-state index in [0.29, 0.717) is 18.3 Å². The summed E-state index contributed by atoms with van der Waals surface area (Å²) >= 11 is 0. The topological polar surface area (TPSA) is 67.8 Å². The van der Waals surface area contributed by atoms with Crippen molar-refractivity contribution in [2.75, 3.05) is 19.7 Å². The van der Waals surface area contributed by atoms with Gasteiger partial charge in [0.2, 0.25) is 0 Å². The highest BCUT2D eigenvalue weighted by Crippen LogP contribution is 2.24. The van der Waals surface area contributed by atoms with E-state index < -0.39 is 5.82 Å². The number of aliphatic imine (C=N–C) groups is 1. The summed E-state index contributed by atoms with van der Waals surface area (Å²) in [6.07, 6.45) is 5.58. The Kier molecular flexibility index (Phi) is 6.98. The van der Waals surface area contributed by atoms with E-state index in [0.717, 1.165) is 38.1 Å². The van der Waals surface area contributed by atoms with Crippen LogP contribution in [-0.2, 0) is 11.3 Å². The van der Waals surface area contributed by atoms with Crippen LogP contribution < -0.4 is 15.4 Å². The molecule has 1 aromatic carbocycles. The number of nitrogens with one attached hydrogen (secondary N) is 2. The van der Waals surface area contributed by atoms with Gasteiger partial charge in [0.15, 0.2) is 17.5 Å². The number of nitrogens with zero attached hydrogens (tertiary/aromatic N) is 2. The molecule has 2 heterocycles. The molecule has 2 N–H and O–H groups in total. The minimum absolute atomic E-state index is 0.166. The van der Waals surface area contributed by atoms with Gasteiger partial charge in [-0.05, 0) is 49.6 Å². The van der Waals surface area contributed by atoms with E-state index >= 15 is 0 Å². The third kappa shape index (κ3) is 5.92. The van der Waals surface area contributed by atoms with Gasteiger partial charge < -0.3 is 20.1 Å². The number of ether oxygens (including phenoxy) is 2. The van der Waals surface area contributed by atoms with Gasteiger partial charge in [0.1, 0.15) is 5.75 Å². The Morgan fingerprint density at radius 3 is 3.00 bits per heavy atom. The lowest BCUT2D eigenvalue weighted by atomic mass is 10.2. The molecule has 6 nitrogen and oxygen atoms in total. The molecule has 2 aromatic rings. The molecular weight excluding hydrogens is 347 g/mol. The average Bonchev–Trinajstić information content (AvgIpc) is 3.20. The zero-order valence-electron chi connectivity index (χ0n) is 15.5. The number of aromatic nitrogens is 1. The number of benzene rings is 1. The average molecular weight is 372 g/mol. The van der Waals surface area contributed by atoms with Crippen molar-refractivity contribution in [3.05, 3.63) is 54.1 Å². The molecule has 144 valence electrons. The highest BCUT2D eigenvalue weighted by molar-refractivity contribution is 5.79. The van der Waals surface area contributed by atoms with Crippen LogP contribution in [0.2, 0.25) is 0 Å². The van der Waals surface area contributed by atoms with Crippen molar-refractivity contribution >= 4 is 5.96 Å². The monoisotopic (exact) mass is 372 g/mol. The Morgan fingerprint density at radius 1 is 1.37 bits per heavy atom. The van der Waals surface area contributed by atoms with E-state index in [2.05, 4.69) is 20.6 Å². The number of rotatable bonds is 7. The van der Waals surface area contributed by atoms with Crippen LogP contribution >= 0.6 is 0 Å². The quantitative estimate of drug-likeness (QED) is 0.577. The summed E-state index contributed by atoms with van der Waals surface area (Å²) < 4.78 is 25.4. The standard InChI is InChI=1S/C20H25FN4O2/c1-2-23-20(25-14-16-6-4-10-26-16)24-12-15-7-8-19(18(21)11-15)27-17-5-3-9-22-13-17/h3,5,7-9,11,13,16H,2,4,6,10,12,14H2,1H3,(H2,23,24,25). The van der Waals surface area contributed by atoms with Gasteiger partial charge in [0.25, 0.3) is 0 Å². The van der Waals surface area contributed by atoms with Gasteiger partial charge in [-0.25, -0.2) is 9.38 Å². The molecule has 0 aliphatic carbocycles. The van der Waals surface area contributed by atoms with E-state index in [-0.39, 0.29) is 11.9 Å². The second kappa shape index (κ2) is 9.87. The van der Waals surface area contributed by atoms with Crippen molar-refractivity contribution in [2.45, 2.75) is 32.4 Å². The second-order valence-corrected chi connectivity index (χ2v) is 6.27. The van der Waals surface area contributed by atoms with Crippen LogP contribution in [-0.4, -0.2) is 36.7 Å². The van der Waals surface area contributed by atoms with Crippen molar-refractivity contribution in [3.63, 3.8) is 0 Å². The number of halogens is 1. The number of pyridine rings is 1. The molecule has 1 aromatic heterocycles. The minimum Gasteiger partial charge on any atom is -0.453 e.